The maximum atomic E-state index is 14.4. The molecular formula is C19H13BrF2N4O2. The summed E-state index contributed by atoms with van der Waals surface area (Å²) in [5.41, 5.74) is 2.06. The van der Waals surface area contributed by atoms with Crippen LogP contribution in [-0.2, 0) is 13.6 Å². The van der Waals surface area contributed by atoms with Crippen molar-refractivity contribution in [3.8, 4) is 5.75 Å². The van der Waals surface area contributed by atoms with Crippen LogP contribution in [0.3, 0.4) is 0 Å². The lowest BCUT2D eigenvalue weighted by atomic mass is 10.00. The highest BCUT2D eigenvalue weighted by Gasteiger charge is 2.27. The van der Waals surface area contributed by atoms with Gasteiger partial charge in [-0.3, -0.25) is 14.1 Å². The van der Waals surface area contributed by atoms with E-state index >= 15 is 0 Å². The van der Waals surface area contributed by atoms with Gasteiger partial charge in [-0.25, -0.2) is 14.2 Å². The van der Waals surface area contributed by atoms with E-state index in [0.29, 0.717) is 27.5 Å². The normalized spacial score (nSPS) is 16.4. The number of imidazole rings is 1. The molecule has 0 saturated heterocycles. The summed E-state index contributed by atoms with van der Waals surface area (Å²) < 4.78 is 37.4. The van der Waals surface area contributed by atoms with Crippen LogP contribution in [-0.4, -0.2) is 25.7 Å². The Labute approximate surface area is 165 Å². The fourth-order valence-electron chi connectivity index (χ4n) is 3.77. The van der Waals surface area contributed by atoms with Gasteiger partial charge in [0, 0.05) is 31.8 Å². The van der Waals surface area contributed by atoms with E-state index in [2.05, 4.69) is 25.9 Å². The summed E-state index contributed by atoms with van der Waals surface area (Å²) in [6.07, 6.45) is 2.93. The quantitative estimate of drug-likeness (QED) is 0.419. The van der Waals surface area contributed by atoms with Gasteiger partial charge in [-0.1, -0.05) is 0 Å². The van der Waals surface area contributed by atoms with Gasteiger partial charge in [0.1, 0.15) is 11.6 Å². The molecule has 4 heterocycles. The van der Waals surface area contributed by atoms with Crippen LogP contribution >= 0.6 is 15.9 Å². The molecule has 4 aromatic rings. The van der Waals surface area contributed by atoms with E-state index in [-0.39, 0.29) is 35.0 Å². The maximum absolute atomic E-state index is 14.4. The molecule has 1 aliphatic rings. The molecule has 3 aromatic heterocycles. The van der Waals surface area contributed by atoms with Gasteiger partial charge >= 0.3 is 5.69 Å². The summed E-state index contributed by atoms with van der Waals surface area (Å²) >= 11 is 3.26. The first-order chi connectivity index (χ1) is 13.5. The Bertz CT molecular complexity index is 1330. The second-order valence-electron chi connectivity index (χ2n) is 6.76. The molecular weight excluding hydrogens is 434 g/mol. The van der Waals surface area contributed by atoms with Gasteiger partial charge in [0.05, 0.1) is 39.2 Å². The van der Waals surface area contributed by atoms with Gasteiger partial charge in [-0.15, -0.1) is 0 Å². The van der Waals surface area contributed by atoms with E-state index in [1.54, 1.807) is 23.9 Å². The van der Waals surface area contributed by atoms with E-state index in [1.165, 1.54) is 22.9 Å². The highest BCUT2D eigenvalue weighted by atomic mass is 79.9. The van der Waals surface area contributed by atoms with Gasteiger partial charge in [0.15, 0.2) is 0 Å². The average Bonchev–Trinajstić information content (AvgIpc) is 2.89. The van der Waals surface area contributed by atoms with Gasteiger partial charge in [0.2, 0.25) is 5.95 Å². The summed E-state index contributed by atoms with van der Waals surface area (Å²) in [5, 5.41) is 0.572. The van der Waals surface area contributed by atoms with Crippen LogP contribution in [0.1, 0.15) is 11.5 Å². The average molecular weight is 447 g/mol. The first kappa shape index (κ1) is 17.3. The van der Waals surface area contributed by atoms with Crippen molar-refractivity contribution in [3.63, 3.8) is 0 Å². The number of ether oxygens (including phenoxy) is 1. The third kappa shape index (κ3) is 2.39. The number of pyridine rings is 2. The molecule has 0 radical (unpaired) electrons. The minimum absolute atomic E-state index is 0.137. The molecule has 0 fully saturated rings. The smallest absolute Gasteiger partial charge is 0.328 e. The van der Waals surface area contributed by atoms with Crippen LogP contribution in [0.5, 0.6) is 5.75 Å². The Hall–Kier alpha value is -2.81. The van der Waals surface area contributed by atoms with Crippen LogP contribution in [0, 0.1) is 11.8 Å². The molecule has 0 amide bonds. The zero-order valence-electron chi connectivity index (χ0n) is 14.6. The summed E-state index contributed by atoms with van der Waals surface area (Å²) in [6, 6.07) is 4.32. The third-order valence-electron chi connectivity index (χ3n) is 5.16. The topological polar surface area (TPSA) is 61.9 Å². The monoisotopic (exact) mass is 446 g/mol. The van der Waals surface area contributed by atoms with Crippen molar-refractivity contribution >= 4 is 37.9 Å². The number of aryl methyl sites for hydroxylation is 1. The van der Waals surface area contributed by atoms with Crippen molar-refractivity contribution in [3.05, 3.63) is 62.9 Å². The summed E-state index contributed by atoms with van der Waals surface area (Å²) in [5.74, 6) is -1.16. The second kappa shape index (κ2) is 6.10. The fourth-order valence-corrected chi connectivity index (χ4v) is 4.20. The largest absolute Gasteiger partial charge is 0.491 e. The summed E-state index contributed by atoms with van der Waals surface area (Å²) in [6.45, 7) is 0.422. The highest BCUT2D eigenvalue weighted by Crippen LogP contribution is 2.41. The van der Waals surface area contributed by atoms with E-state index in [4.69, 9.17) is 4.74 Å². The van der Waals surface area contributed by atoms with E-state index < -0.39 is 11.8 Å². The van der Waals surface area contributed by atoms with Gasteiger partial charge in [-0.2, -0.15) is 4.39 Å². The van der Waals surface area contributed by atoms with Crippen molar-refractivity contribution in [2.45, 2.75) is 12.5 Å². The zero-order chi connectivity index (χ0) is 19.6. The molecule has 1 unspecified atom stereocenters. The first-order valence-electron chi connectivity index (χ1n) is 8.56. The maximum Gasteiger partial charge on any atom is 0.328 e. The van der Waals surface area contributed by atoms with Crippen molar-refractivity contribution in [1.82, 2.24) is 19.1 Å². The third-order valence-corrected chi connectivity index (χ3v) is 5.90. The SMILES string of the molecule is Cn1c(=O)n2c3c4c(c(Br)c(F)cc4ncc31)OCC(c1ccnc(F)c1)C2. The van der Waals surface area contributed by atoms with Crippen molar-refractivity contribution in [2.24, 2.45) is 7.05 Å². The minimum Gasteiger partial charge on any atom is -0.491 e. The molecule has 142 valence electrons. The van der Waals surface area contributed by atoms with Crippen molar-refractivity contribution in [2.75, 3.05) is 6.61 Å². The van der Waals surface area contributed by atoms with Crippen LogP contribution in [0.25, 0.3) is 21.9 Å². The van der Waals surface area contributed by atoms with Crippen molar-refractivity contribution < 1.29 is 13.5 Å². The second-order valence-corrected chi connectivity index (χ2v) is 7.55. The zero-order valence-corrected chi connectivity index (χ0v) is 16.2. The van der Waals surface area contributed by atoms with E-state index in [9.17, 15) is 13.6 Å². The fraction of sp³-hybridized carbons (Fsp3) is 0.211. The highest BCUT2D eigenvalue weighted by molar-refractivity contribution is 9.10. The Kier molecular flexibility index (Phi) is 3.77. The molecule has 0 saturated carbocycles. The lowest BCUT2D eigenvalue weighted by Crippen LogP contribution is -2.28. The van der Waals surface area contributed by atoms with Crippen LogP contribution < -0.4 is 10.4 Å². The molecule has 1 aliphatic heterocycles. The molecule has 0 bridgehead atoms. The minimum atomic E-state index is -0.607. The molecule has 6 nitrogen and oxygen atoms in total. The summed E-state index contributed by atoms with van der Waals surface area (Å²) in [4.78, 5) is 20.8. The molecule has 1 aromatic carbocycles. The van der Waals surface area contributed by atoms with E-state index in [1.807, 2.05) is 0 Å². The molecule has 9 heteroatoms. The Morgan fingerprint density at radius 1 is 1.29 bits per heavy atom. The standard InChI is InChI=1S/C19H13BrF2N4O2/c1-25-13-6-24-12-5-11(21)16(20)18-15(12)17(13)26(19(25)27)7-10(8-28-18)9-2-3-23-14(22)4-9/h2-6,10H,7-8H2,1H3. The number of nitrogens with zero attached hydrogens (tertiary/aromatic N) is 4. The predicted molar refractivity (Wildman–Crippen MR) is 103 cm³/mol. The van der Waals surface area contributed by atoms with Crippen molar-refractivity contribution in [1.29, 1.82) is 0 Å². The molecule has 28 heavy (non-hydrogen) atoms. The molecule has 5 rings (SSSR count). The Morgan fingerprint density at radius 3 is 2.89 bits per heavy atom. The number of hydrogen-bond donors (Lipinski definition) is 0. The van der Waals surface area contributed by atoms with E-state index in [0.717, 1.165) is 0 Å². The first-order valence-corrected chi connectivity index (χ1v) is 9.35. The molecule has 0 spiro atoms. The van der Waals surface area contributed by atoms with Gasteiger partial charge in [-0.05, 0) is 33.6 Å². The lowest BCUT2D eigenvalue weighted by Gasteiger charge is -2.23. The lowest BCUT2D eigenvalue weighted by molar-refractivity contribution is 0.272. The number of benzene rings is 1. The molecule has 0 N–H and O–H groups in total. The number of rotatable bonds is 1. The number of aromatic nitrogens is 4. The Balaban J connectivity index is 1.86. The molecule has 0 aliphatic carbocycles. The Morgan fingerprint density at radius 2 is 2.11 bits per heavy atom. The molecule has 1 atom stereocenters. The predicted octanol–water partition coefficient (Wildman–Crippen LogP) is 3.50. The van der Waals surface area contributed by atoms with Crippen LogP contribution in [0.15, 0.2) is 39.9 Å². The summed E-state index contributed by atoms with van der Waals surface area (Å²) in [7, 11) is 1.66. The number of hydrogen-bond acceptors (Lipinski definition) is 4. The van der Waals surface area contributed by atoms with Crippen LogP contribution in [0.2, 0.25) is 0 Å². The van der Waals surface area contributed by atoms with Crippen LogP contribution in [0.4, 0.5) is 8.78 Å². The van der Waals surface area contributed by atoms with Gasteiger partial charge < -0.3 is 4.74 Å². The van der Waals surface area contributed by atoms with Gasteiger partial charge in [0.25, 0.3) is 0 Å². The number of halogens is 3.